The number of benzene rings is 1. The van der Waals surface area contributed by atoms with Crippen LogP contribution in [-0.2, 0) is 5.67 Å². The summed E-state index contributed by atoms with van der Waals surface area (Å²) >= 11 is 4.73. The number of halogens is 2. The van der Waals surface area contributed by atoms with Gasteiger partial charge in [-0.3, -0.25) is 0 Å². The minimum Gasteiger partial charge on any atom is -0.327 e. The van der Waals surface area contributed by atoms with Crippen molar-refractivity contribution < 1.29 is 4.39 Å². The van der Waals surface area contributed by atoms with Crippen LogP contribution in [0.25, 0.3) is 0 Å². The molecule has 2 N–H and O–H groups in total. The fraction of sp³-hybridized carbons (Fsp3) is 0.167. The van der Waals surface area contributed by atoms with Gasteiger partial charge in [0.1, 0.15) is 0 Å². The summed E-state index contributed by atoms with van der Waals surface area (Å²) in [6.45, 7) is -0.0594. The number of hydrogen-bond donors (Lipinski definition) is 1. The van der Waals surface area contributed by atoms with Crippen LogP contribution in [0.5, 0.6) is 0 Å². The van der Waals surface area contributed by atoms with E-state index in [9.17, 15) is 4.39 Å². The second kappa shape index (κ2) is 4.65. The molecule has 0 aliphatic heterocycles. The summed E-state index contributed by atoms with van der Waals surface area (Å²) in [6.07, 6.45) is 0. The molecule has 1 aromatic heterocycles. The van der Waals surface area contributed by atoms with Crippen molar-refractivity contribution in [3.63, 3.8) is 0 Å². The average Bonchev–Trinajstić information content (AvgIpc) is 2.76. The molecule has 0 bridgehead atoms. The molecule has 1 heterocycles. The number of alkyl halides is 1. The van der Waals surface area contributed by atoms with Gasteiger partial charge < -0.3 is 5.73 Å². The van der Waals surface area contributed by atoms with Crippen molar-refractivity contribution >= 4 is 27.3 Å². The minimum absolute atomic E-state index is 0.0594. The van der Waals surface area contributed by atoms with Gasteiger partial charge in [0.05, 0.1) is 4.88 Å². The standard InChI is InChI=1S/C12H11BrFNS/c13-10-6-7-16-11(10)12(14,8-15)9-4-2-1-3-5-9/h1-7H,8,15H2. The van der Waals surface area contributed by atoms with Crippen LogP contribution in [0.15, 0.2) is 46.3 Å². The molecule has 1 aromatic carbocycles. The van der Waals surface area contributed by atoms with Gasteiger partial charge >= 0.3 is 0 Å². The zero-order valence-electron chi connectivity index (χ0n) is 8.49. The fourth-order valence-corrected chi connectivity index (χ4v) is 3.43. The first kappa shape index (κ1) is 11.8. The number of thiophene rings is 1. The molecule has 16 heavy (non-hydrogen) atoms. The third-order valence-corrected chi connectivity index (χ3v) is 4.46. The van der Waals surface area contributed by atoms with Crippen LogP contribution in [0, 0.1) is 0 Å². The second-order valence-electron chi connectivity index (χ2n) is 3.47. The highest BCUT2D eigenvalue weighted by Gasteiger charge is 2.35. The van der Waals surface area contributed by atoms with E-state index in [2.05, 4.69) is 15.9 Å². The number of nitrogens with two attached hydrogens (primary N) is 1. The van der Waals surface area contributed by atoms with Gasteiger partial charge in [0.15, 0.2) is 5.67 Å². The van der Waals surface area contributed by atoms with Crippen molar-refractivity contribution in [1.29, 1.82) is 0 Å². The van der Waals surface area contributed by atoms with E-state index in [4.69, 9.17) is 5.73 Å². The molecule has 0 fully saturated rings. The normalized spacial score (nSPS) is 14.7. The molecular formula is C12H11BrFNS. The number of hydrogen-bond acceptors (Lipinski definition) is 2. The molecule has 0 aliphatic rings. The van der Waals surface area contributed by atoms with Crippen molar-refractivity contribution in [3.05, 3.63) is 56.7 Å². The lowest BCUT2D eigenvalue weighted by Crippen LogP contribution is -2.31. The highest BCUT2D eigenvalue weighted by molar-refractivity contribution is 9.10. The van der Waals surface area contributed by atoms with Crippen LogP contribution < -0.4 is 5.73 Å². The Kier molecular flexibility index (Phi) is 3.42. The molecule has 0 aliphatic carbocycles. The van der Waals surface area contributed by atoms with Crippen LogP contribution in [0.4, 0.5) is 4.39 Å². The summed E-state index contributed by atoms with van der Waals surface area (Å²) in [6, 6.07) is 10.9. The fourth-order valence-electron chi connectivity index (χ4n) is 1.62. The van der Waals surface area contributed by atoms with E-state index in [-0.39, 0.29) is 6.54 Å². The minimum atomic E-state index is -1.60. The van der Waals surface area contributed by atoms with Crippen LogP contribution >= 0.6 is 27.3 Å². The Labute approximate surface area is 106 Å². The Morgan fingerprint density at radius 2 is 1.94 bits per heavy atom. The molecular weight excluding hydrogens is 289 g/mol. The van der Waals surface area contributed by atoms with E-state index in [0.29, 0.717) is 10.4 Å². The Bertz CT molecular complexity index is 471. The quantitative estimate of drug-likeness (QED) is 0.919. The highest BCUT2D eigenvalue weighted by atomic mass is 79.9. The van der Waals surface area contributed by atoms with Gasteiger partial charge in [-0.2, -0.15) is 0 Å². The van der Waals surface area contributed by atoms with Gasteiger partial charge in [-0.15, -0.1) is 11.3 Å². The first-order chi connectivity index (χ1) is 7.68. The van der Waals surface area contributed by atoms with E-state index in [1.165, 1.54) is 11.3 Å². The smallest absolute Gasteiger partial charge is 0.183 e. The predicted octanol–water partition coefficient (Wildman–Crippen LogP) is 3.68. The third-order valence-electron chi connectivity index (χ3n) is 2.49. The zero-order valence-corrected chi connectivity index (χ0v) is 10.9. The maximum atomic E-state index is 14.9. The largest absolute Gasteiger partial charge is 0.327 e. The molecule has 84 valence electrons. The molecule has 0 saturated heterocycles. The second-order valence-corrected chi connectivity index (χ2v) is 5.24. The molecule has 0 saturated carbocycles. The van der Waals surface area contributed by atoms with Crippen LogP contribution in [0.1, 0.15) is 10.4 Å². The summed E-state index contributed by atoms with van der Waals surface area (Å²) < 4.78 is 15.7. The molecule has 1 nitrogen and oxygen atoms in total. The van der Waals surface area contributed by atoms with Gasteiger partial charge in [-0.25, -0.2) is 4.39 Å². The van der Waals surface area contributed by atoms with Crippen molar-refractivity contribution in [2.24, 2.45) is 5.73 Å². The predicted molar refractivity (Wildman–Crippen MR) is 69.4 cm³/mol. The summed E-state index contributed by atoms with van der Waals surface area (Å²) in [5.41, 5.74) is 4.60. The highest BCUT2D eigenvalue weighted by Crippen LogP contribution is 2.40. The summed E-state index contributed by atoms with van der Waals surface area (Å²) in [5, 5.41) is 1.85. The van der Waals surface area contributed by atoms with E-state index in [0.717, 1.165) is 4.47 Å². The Balaban J connectivity index is 2.53. The first-order valence-corrected chi connectivity index (χ1v) is 6.53. The average molecular weight is 300 g/mol. The Hall–Kier alpha value is -0.710. The van der Waals surface area contributed by atoms with Gasteiger partial charge in [-0.1, -0.05) is 30.3 Å². The van der Waals surface area contributed by atoms with Crippen molar-refractivity contribution in [3.8, 4) is 0 Å². The molecule has 1 atom stereocenters. The van der Waals surface area contributed by atoms with E-state index in [1.54, 1.807) is 12.1 Å². The lowest BCUT2D eigenvalue weighted by atomic mass is 9.94. The molecule has 1 unspecified atom stereocenters. The van der Waals surface area contributed by atoms with Crippen LogP contribution in [-0.4, -0.2) is 6.54 Å². The molecule has 0 spiro atoms. The number of rotatable bonds is 3. The SMILES string of the molecule is NCC(F)(c1ccccc1)c1sccc1Br. The summed E-state index contributed by atoms with van der Waals surface area (Å²) in [5.74, 6) is 0. The Morgan fingerprint density at radius 3 is 2.44 bits per heavy atom. The van der Waals surface area contributed by atoms with E-state index < -0.39 is 5.67 Å². The third kappa shape index (κ3) is 1.93. The molecule has 0 amide bonds. The van der Waals surface area contributed by atoms with Crippen molar-refractivity contribution in [2.45, 2.75) is 5.67 Å². The summed E-state index contributed by atoms with van der Waals surface area (Å²) in [7, 11) is 0. The van der Waals surface area contributed by atoms with Gasteiger partial charge in [0.2, 0.25) is 0 Å². The molecule has 0 radical (unpaired) electrons. The van der Waals surface area contributed by atoms with Crippen LogP contribution in [0.3, 0.4) is 0 Å². The lowest BCUT2D eigenvalue weighted by molar-refractivity contribution is 0.237. The monoisotopic (exact) mass is 299 g/mol. The topological polar surface area (TPSA) is 26.0 Å². The first-order valence-electron chi connectivity index (χ1n) is 4.86. The maximum Gasteiger partial charge on any atom is 0.183 e. The van der Waals surface area contributed by atoms with Crippen molar-refractivity contribution in [1.82, 2.24) is 0 Å². The van der Waals surface area contributed by atoms with Crippen molar-refractivity contribution in [2.75, 3.05) is 6.54 Å². The maximum absolute atomic E-state index is 14.9. The molecule has 2 rings (SSSR count). The van der Waals surface area contributed by atoms with E-state index >= 15 is 0 Å². The Morgan fingerprint density at radius 1 is 1.25 bits per heavy atom. The van der Waals surface area contributed by atoms with E-state index in [1.807, 2.05) is 29.6 Å². The van der Waals surface area contributed by atoms with Gasteiger partial charge in [-0.05, 0) is 32.9 Å². The van der Waals surface area contributed by atoms with Crippen LogP contribution in [0.2, 0.25) is 0 Å². The zero-order chi connectivity index (χ0) is 11.6. The molecule has 4 heteroatoms. The summed E-state index contributed by atoms with van der Waals surface area (Å²) in [4.78, 5) is 0.626. The lowest BCUT2D eigenvalue weighted by Gasteiger charge is -2.23. The molecule has 2 aromatic rings. The van der Waals surface area contributed by atoms with Gasteiger partial charge in [0.25, 0.3) is 0 Å². The van der Waals surface area contributed by atoms with Gasteiger partial charge in [0, 0.05) is 11.0 Å².